The molecule has 0 atom stereocenters. The quantitative estimate of drug-likeness (QED) is 0.853. The van der Waals surface area contributed by atoms with E-state index in [-0.39, 0.29) is 0 Å². The summed E-state index contributed by atoms with van der Waals surface area (Å²) in [4.78, 5) is 14.6. The lowest BCUT2D eigenvalue weighted by molar-refractivity contribution is -0.133. The fourth-order valence-electron chi connectivity index (χ4n) is 2.95. The van der Waals surface area contributed by atoms with Crippen LogP contribution in [0.1, 0.15) is 23.3 Å². The summed E-state index contributed by atoms with van der Waals surface area (Å²) < 4.78 is 0. The van der Waals surface area contributed by atoms with Gasteiger partial charge in [0.2, 0.25) is 0 Å². The maximum atomic E-state index is 11.1. The number of hydrogen-bond donors (Lipinski definition) is 1. The van der Waals surface area contributed by atoms with Crippen LogP contribution in [0.15, 0.2) is 65.6 Å². The molecule has 1 N–H and O–H groups in total. The molecule has 1 aromatic heterocycles. The molecule has 0 spiro atoms. The zero-order valence-corrected chi connectivity index (χ0v) is 14.3. The van der Waals surface area contributed by atoms with E-state index in [0.29, 0.717) is 12.1 Å². The SMILES string of the molecule is O=C(O)C1=CCCN(CC/C=C(/c2ccccc2)c2cccs2)C1. The largest absolute Gasteiger partial charge is 0.478 e. The zero-order chi connectivity index (χ0) is 16.8. The molecule has 2 heterocycles. The zero-order valence-electron chi connectivity index (χ0n) is 13.5. The predicted molar refractivity (Wildman–Crippen MR) is 99.2 cm³/mol. The van der Waals surface area contributed by atoms with Gasteiger partial charge in [-0.1, -0.05) is 48.6 Å². The van der Waals surface area contributed by atoms with Gasteiger partial charge in [0, 0.05) is 30.1 Å². The second-order valence-corrected chi connectivity index (χ2v) is 6.80. The summed E-state index contributed by atoms with van der Waals surface area (Å²) in [6, 6.07) is 14.6. The fourth-order valence-corrected chi connectivity index (χ4v) is 3.74. The highest BCUT2D eigenvalue weighted by atomic mass is 32.1. The minimum absolute atomic E-state index is 0.520. The lowest BCUT2D eigenvalue weighted by Gasteiger charge is -2.25. The molecule has 3 rings (SSSR count). The number of benzene rings is 1. The van der Waals surface area contributed by atoms with E-state index in [0.717, 1.165) is 25.9 Å². The van der Waals surface area contributed by atoms with Gasteiger partial charge in [-0.05, 0) is 35.4 Å². The van der Waals surface area contributed by atoms with E-state index in [4.69, 9.17) is 5.11 Å². The van der Waals surface area contributed by atoms with Gasteiger partial charge in [-0.25, -0.2) is 4.79 Å². The first-order chi connectivity index (χ1) is 11.7. The molecule has 124 valence electrons. The van der Waals surface area contributed by atoms with Crippen LogP contribution in [0.25, 0.3) is 5.57 Å². The first kappa shape index (κ1) is 16.7. The molecule has 3 nitrogen and oxygen atoms in total. The monoisotopic (exact) mass is 339 g/mol. The van der Waals surface area contributed by atoms with Crippen LogP contribution < -0.4 is 0 Å². The summed E-state index contributed by atoms with van der Waals surface area (Å²) in [5.41, 5.74) is 3.01. The number of hydrogen-bond acceptors (Lipinski definition) is 3. The number of carboxylic acid groups (broad SMARTS) is 1. The molecule has 1 aromatic carbocycles. The molecule has 1 aliphatic heterocycles. The molecule has 0 unspecified atom stereocenters. The molecule has 0 bridgehead atoms. The van der Waals surface area contributed by atoms with Crippen LogP contribution in [0.3, 0.4) is 0 Å². The van der Waals surface area contributed by atoms with Crippen LogP contribution in [-0.2, 0) is 4.79 Å². The molecular weight excluding hydrogens is 318 g/mol. The minimum atomic E-state index is -0.793. The minimum Gasteiger partial charge on any atom is -0.478 e. The molecular formula is C20H21NO2S. The maximum Gasteiger partial charge on any atom is 0.332 e. The number of aliphatic carboxylic acids is 1. The van der Waals surface area contributed by atoms with Gasteiger partial charge in [0.15, 0.2) is 0 Å². The summed E-state index contributed by atoms with van der Waals surface area (Å²) in [6.45, 7) is 2.36. The lowest BCUT2D eigenvalue weighted by atomic mass is 10.0. The van der Waals surface area contributed by atoms with Gasteiger partial charge in [-0.2, -0.15) is 0 Å². The third-order valence-corrected chi connectivity index (χ3v) is 5.07. The Labute approximate surface area is 146 Å². The lowest BCUT2D eigenvalue weighted by Crippen LogP contribution is -2.32. The molecule has 1 aliphatic rings. The maximum absolute atomic E-state index is 11.1. The Morgan fingerprint density at radius 1 is 1.21 bits per heavy atom. The highest BCUT2D eigenvalue weighted by molar-refractivity contribution is 7.11. The van der Waals surface area contributed by atoms with E-state index in [1.165, 1.54) is 16.0 Å². The second kappa shape index (κ2) is 8.08. The summed E-state index contributed by atoms with van der Waals surface area (Å²) in [5.74, 6) is -0.793. The standard InChI is InChI=1S/C20H21NO2S/c22-20(23)17-9-4-12-21(15-17)13-5-10-18(19-11-6-14-24-19)16-7-2-1-3-8-16/h1-3,6-11,14H,4-5,12-13,15H2,(H,22,23)/b18-10-. The van der Waals surface area contributed by atoms with Crippen LogP contribution in [0, 0.1) is 0 Å². The van der Waals surface area contributed by atoms with Crippen molar-refractivity contribution < 1.29 is 9.90 Å². The summed E-state index contributed by atoms with van der Waals surface area (Å²) in [7, 11) is 0. The third-order valence-electron chi connectivity index (χ3n) is 4.17. The van der Waals surface area contributed by atoms with Gasteiger partial charge in [-0.15, -0.1) is 11.3 Å². The van der Waals surface area contributed by atoms with Crippen molar-refractivity contribution in [2.45, 2.75) is 12.8 Å². The Morgan fingerprint density at radius 3 is 2.75 bits per heavy atom. The van der Waals surface area contributed by atoms with Crippen molar-refractivity contribution in [1.29, 1.82) is 0 Å². The van der Waals surface area contributed by atoms with Crippen molar-refractivity contribution >= 4 is 22.9 Å². The molecule has 0 saturated heterocycles. The van der Waals surface area contributed by atoms with Crippen molar-refractivity contribution in [2.75, 3.05) is 19.6 Å². The number of thiophene rings is 1. The van der Waals surface area contributed by atoms with E-state index in [1.807, 2.05) is 12.1 Å². The average molecular weight is 339 g/mol. The summed E-state index contributed by atoms with van der Waals surface area (Å²) >= 11 is 1.75. The highest BCUT2D eigenvalue weighted by Crippen LogP contribution is 2.27. The van der Waals surface area contributed by atoms with Crippen molar-refractivity contribution in [1.82, 2.24) is 4.90 Å². The van der Waals surface area contributed by atoms with Gasteiger partial charge in [0.25, 0.3) is 0 Å². The summed E-state index contributed by atoms with van der Waals surface area (Å²) in [5, 5.41) is 11.2. The fraction of sp³-hybridized carbons (Fsp3) is 0.250. The van der Waals surface area contributed by atoms with Crippen LogP contribution in [0.5, 0.6) is 0 Å². The van der Waals surface area contributed by atoms with E-state index in [9.17, 15) is 4.79 Å². The van der Waals surface area contributed by atoms with Gasteiger partial charge in [0.05, 0.1) is 0 Å². The normalized spacial score (nSPS) is 16.0. The average Bonchev–Trinajstić information content (AvgIpc) is 3.14. The number of carbonyl (C=O) groups is 1. The van der Waals surface area contributed by atoms with Crippen LogP contribution in [0.2, 0.25) is 0 Å². The molecule has 4 heteroatoms. The van der Waals surface area contributed by atoms with Crippen LogP contribution >= 0.6 is 11.3 Å². The van der Waals surface area contributed by atoms with Gasteiger partial charge in [-0.3, -0.25) is 4.90 Å². The van der Waals surface area contributed by atoms with Gasteiger partial charge < -0.3 is 5.11 Å². The number of rotatable bonds is 6. The number of nitrogens with zero attached hydrogens (tertiary/aromatic N) is 1. The second-order valence-electron chi connectivity index (χ2n) is 5.85. The third kappa shape index (κ3) is 4.22. The topological polar surface area (TPSA) is 40.5 Å². The van der Waals surface area contributed by atoms with Gasteiger partial charge in [0.1, 0.15) is 0 Å². The van der Waals surface area contributed by atoms with Crippen LogP contribution in [-0.4, -0.2) is 35.6 Å². The number of carboxylic acids is 1. The molecule has 0 aliphatic carbocycles. The highest BCUT2D eigenvalue weighted by Gasteiger charge is 2.16. The Bertz CT molecular complexity index is 732. The smallest absolute Gasteiger partial charge is 0.332 e. The molecule has 0 fully saturated rings. The van der Waals surface area contributed by atoms with Crippen LogP contribution in [0.4, 0.5) is 0 Å². The van der Waals surface area contributed by atoms with Crippen molar-refractivity contribution in [3.05, 3.63) is 76.0 Å². The Kier molecular flexibility index (Phi) is 5.62. The first-order valence-corrected chi connectivity index (χ1v) is 9.06. The Balaban J connectivity index is 1.69. The molecule has 2 aromatic rings. The molecule has 0 radical (unpaired) electrons. The predicted octanol–water partition coefficient (Wildman–Crippen LogP) is 4.29. The van der Waals surface area contributed by atoms with Crippen molar-refractivity contribution in [2.24, 2.45) is 0 Å². The molecule has 0 saturated carbocycles. The van der Waals surface area contributed by atoms with Crippen molar-refractivity contribution in [3.63, 3.8) is 0 Å². The molecule has 0 amide bonds. The summed E-state index contributed by atoms with van der Waals surface area (Å²) in [6.07, 6.45) is 5.85. The van der Waals surface area contributed by atoms with Gasteiger partial charge >= 0.3 is 5.97 Å². The van der Waals surface area contributed by atoms with E-state index in [2.05, 4.69) is 52.8 Å². The van der Waals surface area contributed by atoms with E-state index in [1.54, 1.807) is 11.3 Å². The van der Waals surface area contributed by atoms with Crippen molar-refractivity contribution in [3.8, 4) is 0 Å². The first-order valence-electron chi connectivity index (χ1n) is 8.18. The Morgan fingerprint density at radius 2 is 2.04 bits per heavy atom. The van der Waals surface area contributed by atoms with E-state index >= 15 is 0 Å². The Hall–Kier alpha value is -2.17. The molecule has 24 heavy (non-hydrogen) atoms. The van der Waals surface area contributed by atoms with E-state index < -0.39 is 5.97 Å².